The zero-order valence-electron chi connectivity index (χ0n) is 12.1. The molecule has 1 heterocycles. The van der Waals surface area contributed by atoms with E-state index >= 15 is 0 Å². The van der Waals surface area contributed by atoms with Crippen LogP contribution in [0.5, 0.6) is 0 Å². The molecule has 7 heteroatoms. The Balaban J connectivity index is 1.92. The summed E-state index contributed by atoms with van der Waals surface area (Å²) in [6.07, 6.45) is 0.149. The van der Waals surface area contributed by atoms with Crippen molar-refractivity contribution < 1.29 is 9.59 Å². The standard InChI is InChI=1S/C15H16ClN3O2S/c1-2-17-14(21)8-18-13(20)7-12-9-22-15(19-12)10-4-3-5-11(16)6-10/h3-6,9H,2,7-8H2,1H3,(H,17,21)(H,18,20). The van der Waals surface area contributed by atoms with Crippen LogP contribution in [0.15, 0.2) is 29.6 Å². The molecule has 0 aliphatic heterocycles. The first-order valence-corrected chi connectivity index (χ1v) is 8.08. The van der Waals surface area contributed by atoms with E-state index in [4.69, 9.17) is 11.6 Å². The summed E-state index contributed by atoms with van der Waals surface area (Å²) >= 11 is 7.41. The Morgan fingerprint density at radius 1 is 1.27 bits per heavy atom. The Hall–Kier alpha value is -1.92. The molecule has 0 unspecified atom stereocenters. The molecule has 0 spiro atoms. The van der Waals surface area contributed by atoms with Crippen LogP contribution in [0, 0.1) is 0 Å². The average molecular weight is 338 g/mol. The highest BCUT2D eigenvalue weighted by molar-refractivity contribution is 7.13. The largest absolute Gasteiger partial charge is 0.355 e. The number of carbonyl (C=O) groups excluding carboxylic acids is 2. The number of nitrogens with one attached hydrogen (secondary N) is 2. The molecule has 0 aliphatic carbocycles. The lowest BCUT2D eigenvalue weighted by Crippen LogP contribution is -2.37. The van der Waals surface area contributed by atoms with Crippen molar-refractivity contribution in [3.63, 3.8) is 0 Å². The summed E-state index contributed by atoms with van der Waals surface area (Å²) in [5.74, 6) is -0.428. The van der Waals surface area contributed by atoms with E-state index in [0.29, 0.717) is 17.3 Å². The summed E-state index contributed by atoms with van der Waals surface area (Å²) in [4.78, 5) is 27.5. The minimum Gasteiger partial charge on any atom is -0.355 e. The molecule has 0 saturated carbocycles. The predicted molar refractivity (Wildman–Crippen MR) is 88.0 cm³/mol. The van der Waals surface area contributed by atoms with Gasteiger partial charge in [-0.1, -0.05) is 23.7 Å². The quantitative estimate of drug-likeness (QED) is 0.849. The normalized spacial score (nSPS) is 10.3. The Kier molecular flexibility index (Phi) is 5.91. The maximum Gasteiger partial charge on any atom is 0.239 e. The van der Waals surface area contributed by atoms with E-state index in [1.807, 2.05) is 30.5 Å². The molecular formula is C15H16ClN3O2S. The number of hydrogen-bond acceptors (Lipinski definition) is 4. The molecule has 5 nitrogen and oxygen atoms in total. The number of likely N-dealkylation sites (N-methyl/N-ethyl adjacent to an activating group) is 1. The van der Waals surface area contributed by atoms with Crippen LogP contribution in [0.25, 0.3) is 10.6 Å². The molecule has 0 saturated heterocycles. The number of nitrogens with zero attached hydrogens (tertiary/aromatic N) is 1. The van der Waals surface area contributed by atoms with Crippen LogP contribution < -0.4 is 10.6 Å². The molecule has 2 amide bonds. The van der Waals surface area contributed by atoms with Gasteiger partial charge in [-0.3, -0.25) is 9.59 Å². The molecule has 2 rings (SSSR count). The van der Waals surface area contributed by atoms with Crippen molar-refractivity contribution in [1.82, 2.24) is 15.6 Å². The summed E-state index contributed by atoms with van der Waals surface area (Å²) in [6.45, 7) is 2.36. The number of amides is 2. The number of rotatable bonds is 6. The van der Waals surface area contributed by atoms with Gasteiger partial charge in [-0.05, 0) is 19.1 Å². The van der Waals surface area contributed by atoms with E-state index in [9.17, 15) is 9.59 Å². The summed E-state index contributed by atoms with van der Waals surface area (Å²) in [7, 11) is 0. The van der Waals surface area contributed by atoms with Crippen molar-refractivity contribution in [1.29, 1.82) is 0 Å². The van der Waals surface area contributed by atoms with Crippen LogP contribution in [0.1, 0.15) is 12.6 Å². The van der Waals surface area contributed by atoms with E-state index in [1.54, 1.807) is 6.07 Å². The lowest BCUT2D eigenvalue weighted by atomic mass is 10.2. The smallest absolute Gasteiger partial charge is 0.239 e. The first-order valence-electron chi connectivity index (χ1n) is 6.82. The van der Waals surface area contributed by atoms with Gasteiger partial charge in [0.25, 0.3) is 0 Å². The molecule has 22 heavy (non-hydrogen) atoms. The van der Waals surface area contributed by atoms with Crippen LogP contribution in [0.2, 0.25) is 5.02 Å². The van der Waals surface area contributed by atoms with Crippen molar-refractivity contribution in [3.8, 4) is 10.6 Å². The van der Waals surface area contributed by atoms with Gasteiger partial charge in [0, 0.05) is 22.5 Å². The van der Waals surface area contributed by atoms with E-state index in [2.05, 4.69) is 15.6 Å². The van der Waals surface area contributed by atoms with Crippen LogP contribution in [0.4, 0.5) is 0 Å². The lowest BCUT2D eigenvalue weighted by Gasteiger charge is -2.04. The Labute approximate surface area is 137 Å². The van der Waals surface area contributed by atoms with Gasteiger partial charge in [-0.15, -0.1) is 11.3 Å². The van der Waals surface area contributed by atoms with Gasteiger partial charge in [0.15, 0.2) is 0 Å². The van der Waals surface area contributed by atoms with Gasteiger partial charge < -0.3 is 10.6 Å². The summed E-state index contributed by atoms with van der Waals surface area (Å²) in [6, 6.07) is 7.41. The fourth-order valence-corrected chi connectivity index (χ4v) is 2.81. The molecule has 1 aromatic carbocycles. The van der Waals surface area contributed by atoms with E-state index in [1.165, 1.54) is 11.3 Å². The van der Waals surface area contributed by atoms with Crippen LogP contribution in [-0.2, 0) is 16.0 Å². The molecule has 2 N–H and O–H groups in total. The number of aromatic nitrogens is 1. The number of thiazole rings is 1. The van der Waals surface area contributed by atoms with Gasteiger partial charge in [0.1, 0.15) is 5.01 Å². The molecule has 1 aromatic heterocycles. The SMILES string of the molecule is CCNC(=O)CNC(=O)Cc1csc(-c2cccc(Cl)c2)n1. The van der Waals surface area contributed by atoms with Gasteiger partial charge in [-0.25, -0.2) is 4.98 Å². The second-order valence-electron chi connectivity index (χ2n) is 4.56. The van der Waals surface area contributed by atoms with E-state index in [0.717, 1.165) is 10.6 Å². The average Bonchev–Trinajstić information content (AvgIpc) is 2.94. The third-order valence-electron chi connectivity index (χ3n) is 2.79. The van der Waals surface area contributed by atoms with Crippen LogP contribution in [-0.4, -0.2) is 29.9 Å². The zero-order valence-corrected chi connectivity index (χ0v) is 13.6. The Bertz CT molecular complexity index is 672. The second-order valence-corrected chi connectivity index (χ2v) is 5.86. The Morgan fingerprint density at radius 3 is 2.82 bits per heavy atom. The third-order valence-corrected chi connectivity index (χ3v) is 3.96. The van der Waals surface area contributed by atoms with E-state index in [-0.39, 0.29) is 24.8 Å². The molecule has 116 valence electrons. The molecule has 0 bridgehead atoms. The number of benzene rings is 1. The minimum absolute atomic E-state index is 0.0159. The number of halogens is 1. The maximum absolute atomic E-state index is 11.8. The van der Waals surface area contributed by atoms with Crippen LogP contribution >= 0.6 is 22.9 Å². The first kappa shape index (κ1) is 16.5. The molecule has 0 radical (unpaired) electrons. The molecule has 0 atom stereocenters. The molecule has 2 aromatic rings. The van der Waals surface area contributed by atoms with E-state index < -0.39 is 0 Å². The highest BCUT2D eigenvalue weighted by Gasteiger charge is 2.10. The monoisotopic (exact) mass is 337 g/mol. The lowest BCUT2D eigenvalue weighted by molar-refractivity contribution is -0.125. The fraction of sp³-hybridized carbons (Fsp3) is 0.267. The van der Waals surface area contributed by atoms with Crippen molar-refractivity contribution >= 4 is 34.8 Å². The highest BCUT2D eigenvalue weighted by Crippen LogP contribution is 2.26. The first-order chi connectivity index (χ1) is 10.6. The van der Waals surface area contributed by atoms with Gasteiger partial charge >= 0.3 is 0 Å². The third kappa shape index (κ3) is 4.82. The number of hydrogen-bond donors (Lipinski definition) is 2. The predicted octanol–water partition coefficient (Wildman–Crippen LogP) is 2.26. The number of carbonyl (C=O) groups is 2. The van der Waals surface area contributed by atoms with Crippen molar-refractivity contribution in [3.05, 3.63) is 40.4 Å². The fourth-order valence-electron chi connectivity index (χ4n) is 1.81. The molecule has 0 aliphatic rings. The summed E-state index contributed by atoms with van der Waals surface area (Å²) in [5, 5.41) is 8.48. The van der Waals surface area contributed by atoms with Crippen molar-refractivity contribution in [2.45, 2.75) is 13.3 Å². The van der Waals surface area contributed by atoms with Gasteiger partial charge in [-0.2, -0.15) is 0 Å². The molecular weight excluding hydrogens is 322 g/mol. The van der Waals surface area contributed by atoms with Crippen molar-refractivity contribution in [2.75, 3.05) is 13.1 Å². The second kappa shape index (κ2) is 7.91. The van der Waals surface area contributed by atoms with Crippen LogP contribution in [0.3, 0.4) is 0 Å². The zero-order chi connectivity index (χ0) is 15.9. The highest BCUT2D eigenvalue weighted by atomic mass is 35.5. The van der Waals surface area contributed by atoms with Gasteiger partial charge in [0.05, 0.1) is 18.7 Å². The summed E-state index contributed by atoms with van der Waals surface area (Å²) < 4.78 is 0. The van der Waals surface area contributed by atoms with Gasteiger partial charge in [0.2, 0.25) is 11.8 Å². The summed E-state index contributed by atoms with van der Waals surface area (Å²) in [5.41, 5.74) is 1.60. The minimum atomic E-state index is -0.228. The topological polar surface area (TPSA) is 71.1 Å². The van der Waals surface area contributed by atoms with Crippen molar-refractivity contribution in [2.24, 2.45) is 0 Å². The Morgan fingerprint density at radius 2 is 2.09 bits per heavy atom. The molecule has 0 fully saturated rings. The maximum atomic E-state index is 11.8.